The van der Waals surface area contributed by atoms with Gasteiger partial charge in [-0.15, -0.1) is 0 Å². The number of H-pyrrole nitrogens is 1. The first-order chi connectivity index (χ1) is 16.3. The van der Waals surface area contributed by atoms with Gasteiger partial charge in [0.2, 0.25) is 6.79 Å². The molecule has 4 N–H and O–H groups in total. The second-order valence-corrected chi connectivity index (χ2v) is 7.49. The van der Waals surface area contributed by atoms with Crippen LogP contribution in [0.5, 0.6) is 11.5 Å². The van der Waals surface area contributed by atoms with Crippen molar-refractivity contribution in [3.05, 3.63) is 57.0 Å². The highest BCUT2D eigenvalue weighted by Gasteiger charge is 2.20. The lowest BCUT2D eigenvalue weighted by molar-refractivity contribution is -0.384. The van der Waals surface area contributed by atoms with Crippen molar-refractivity contribution in [1.82, 2.24) is 14.5 Å². The fourth-order valence-corrected chi connectivity index (χ4v) is 3.69. The van der Waals surface area contributed by atoms with Crippen molar-refractivity contribution in [2.75, 3.05) is 13.3 Å². The number of aromatic nitrogens is 3. The maximum Gasteiger partial charge on any atom is 0.300 e. The van der Waals surface area contributed by atoms with Gasteiger partial charge in [0, 0.05) is 54.9 Å². The largest absolute Gasteiger partial charge is 0.481 e. The summed E-state index contributed by atoms with van der Waals surface area (Å²) >= 11 is 0. The van der Waals surface area contributed by atoms with Gasteiger partial charge in [-0.25, -0.2) is 4.98 Å². The maximum atomic E-state index is 12.8. The lowest BCUT2D eigenvalue weighted by Gasteiger charge is -2.03. The number of aromatic amines is 1. The third-order valence-corrected chi connectivity index (χ3v) is 5.12. The van der Waals surface area contributed by atoms with Gasteiger partial charge in [0.1, 0.15) is 5.69 Å². The van der Waals surface area contributed by atoms with E-state index in [-0.39, 0.29) is 23.7 Å². The Hall–Kier alpha value is -4.45. The normalized spacial score (nSPS) is 11.9. The van der Waals surface area contributed by atoms with Crippen molar-refractivity contribution < 1.29 is 24.3 Å². The summed E-state index contributed by atoms with van der Waals surface area (Å²) in [4.78, 5) is 40.0. The van der Waals surface area contributed by atoms with E-state index in [9.17, 15) is 14.9 Å². The van der Waals surface area contributed by atoms with Crippen LogP contribution in [0, 0.1) is 10.1 Å². The highest BCUT2D eigenvalue weighted by atomic mass is 16.7. The van der Waals surface area contributed by atoms with Gasteiger partial charge in [-0.1, -0.05) is 0 Å². The number of nitro groups is 1. The molecule has 5 rings (SSSR count). The quantitative estimate of drug-likeness (QED) is 0.294. The summed E-state index contributed by atoms with van der Waals surface area (Å²) in [6, 6.07) is 7.97. The summed E-state index contributed by atoms with van der Waals surface area (Å²) in [5.74, 6) is 0.285. The molecule has 2 aromatic heterocycles. The van der Waals surface area contributed by atoms with E-state index in [0.29, 0.717) is 58.5 Å². The van der Waals surface area contributed by atoms with Crippen molar-refractivity contribution in [2.24, 2.45) is 5.73 Å². The van der Waals surface area contributed by atoms with Crippen LogP contribution in [0.1, 0.15) is 13.3 Å². The first kappa shape index (κ1) is 22.7. The lowest BCUT2D eigenvalue weighted by atomic mass is 10.1. The molecule has 0 bridgehead atoms. The molecular weight excluding hydrogens is 446 g/mol. The van der Waals surface area contributed by atoms with Crippen LogP contribution < -0.4 is 20.8 Å². The van der Waals surface area contributed by atoms with Crippen LogP contribution in [0.25, 0.3) is 33.2 Å². The predicted molar refractivity (Wildman–Crippen MR) is 123 cm³/mol. The molecule has 2 aromatic carbocycles. The number of non-ortho nitro benzene ring substituents is 1. The number of nitrogens with one attached hydrogen (secondary N) is 1. The molecule has 176 valence electrons. The summed E-state index contributed by atoms with van der Waals surface area (Å²) in [5.41, 5.74) is 7.82. The fraction of sp³-hybridized carbons (Fsp3) is 0.227. The number of carbonyl (C=O) groups is 1. The van der Waals surface area contributed by atoms with Gasteiger partial charge in [0.25, 0.3) is 17.2 Å². The Morgan fingerprint density at radius 1 is 1.29 bits per heavy atom. The number of nitro benzene ring substituents is 1. The zero-order valence-electron chi connectivity index (χ0n) is 18.1. The lowest BCUT2D eigenvalue weighted by Crippen LogP contribution is -2.11. The molecule has 4 aromatic rings. The Bertz CT molecular complexity index is 1470. The molecule has 0 spiro atoms. The molecule has 0 saturated carbocycles. The SMILES string of the molecule is CC(=O)O.NCCCn1cc(-c2nc3cc4c(cc3[nH]c2=O)OCO4)c2ccc([N+](=O)[O-])cc21. The van der Waals surface area contributed by atoms with Gasteiger partial charge < -0.3 is 29.9 Å². The standard InChI is InChI=1S/C20H17N5O5.C2H4O2/c21-4-1-5-24-9-13(12-3-2-11(25(27)28)6-16(12)24)19-20(26)23-15-8-18-17(29-10-30-18)7-14(15)22-19;1-2(3)4/h2-3,6-9H,1,4-5,10,21H2,(H,23,26);1H3,(H,3,4). The van der Waals surface area contributed by atoms with Crippen LogP contribution in [0.4, 0.5) is 5.69 Å². The number of aliphatic carboxylic acids is 1. The molecule has 1 aliphatic rings. The summed E-state index contributed by atoms with van der Waals surface area (Å²) < 4.78 is 12.6. The van der Waals surface area contributed by atoms with E-state index in [0.717, 1.165) is 6.92 Å². The zero-order chi connectivity index (χ0) is 24.4. The van der Waals surface area contributed by atoms with Crippen molar-refractivity contribution in [1.29, 1.82) is 0 Å². The number of hydrogen-bond donors (Lipinski definition) is 3. The average molecular weight is 467 g/mol. The first-order valence-corrected chi connectivity index (χ1v) is 10.3. The van der Waals surface area contributed by atoms with Crippen LogP contribution in [-0.4, -0.2) is 43.9 Å². The number of hydrogen-bond acceptors (Lipinski definition) is 8. The van der Waals surface area contributed by atoms with Crippen LogP contribution in [0.2, 0.25) is 0 Å². The van der Waals surface area contributed by atoms with Crippen molar-refractivity contribution in [2.45, 2.75) is 19.9 Å². The van der Waals surface area contributed by atoms with E-state index in [1.807, 2.05) is 4.57 Å². The monoisotopic (exact) mass is 467 g/mol. The van der Waals surface area contributed by atoms with Gasteiger partial charge in [-0.3, -0.25) is 19.7 Å². The van der Waals surface area contributed by atoms with E-state index in [2.05, 4.69) is 9.97 Å². The third-order valence-electron chi connectivity index (χ3n) is 5.12. The number of ether oxygens (including phenoxy) is 2. The summed E-state index contributed by atoms with van der Waals surface area (Å²) in [7, 11) is 0. The second kappa shape index (κ2) is 9.19. The van der Waals surface area contributed by atoms with Gasteiger partial charge >= 0.3 is 0 Å². The Kier molecular flexibility index (Phi) is 6.15. The second-order valence-electron chi connectivity index (χ2n) is 7.49. The highest BCUT2D eigenvalue weighted by molar-refractivity contribution is 5.97. The van der Waals surface area contributed by atoms with Crippen LogP contribution in [0.3, 0.4) is 0 Å². The van der Waals surface area contributed by atoms with Crippen molar-refractivity contribution in [3.63, 3.8) is 0 Å². The Balaban J connectivity index is 0.000000636. The number of carboxylic acid groups (broad SMARTS) is 1. The number of nitrogens with zero attached hydrogens (tertiary/aromatic N) is 3. The molecule has 0 unspecified atom stereocenters. The first-order valence-electron chi connectivity index (χ1n) is 10.3. The number of fused-ring (bicyclic) bond motifs is 3. The molecule has 0 atom stereocenters. The molecule has 0 aliphatic carbocycles. The smallest absolute Gasteiger partial charge is 0.300 e. The molecule has 0 fully saturated rings. The maximum absolute atomic E-state index is 12.8. The Morgan fingerprint density at radius 3 is 2.68 bits per heavy atom. The van der Waals surface area contributed by atoms with Crippen LogP contribution >= 0.6 is 0 Å². The zero-order valence-corrected chi connectivity index (χ0v) is 18.1. The van der Waals surface area contributed by atoms with Crippen LogP contribution in [-0.2, 0) is 11.3 Å². The van der Waals surface area contributed by atoms with E-state index < -0.39 is 10.9 Å². The molecule has 1 aliphatic heterocycles. The molecule has 12 nitrogen and oxygen atoms in total. The number of nitrogens with two attached hydrogens (primary N) is 1. The molecular formula is C22H21N5O7. The Morgan fingerprint density at radius 2 is 2.00 bits per heavy atom. The van der Waals surface area contributed by atoms with Crippen LogP contribution in [0.15, 0.2) is 41.3 Å². The van der Waals surface area contributed by atoms with E-state index >= 15 is 0 Å². The van der Waals surface area contributed by atoms with E-state index in [1.54, 1.807) is 24.4 Å². The minimum atomic E-state index is -0.833. The molecule has 12 heteroatoms. The van der Waals surface area contributed by atoms with E-state index in [4.69, 9.17) is 25.1 Å². The molecule has 3 heterocycles. The topological polar surface area (TPSA) is 176 Å². The highest BCUT2D eigenvalue weighted by Crippen LogP contribution is 2.36. The fourth-order valence-electron chi connectivity index (χ4n) is 3.69. The van der Waals surface area contributed by atoms with Crippen molar-refractivity contribution in [3.8, 4) is 22.8 Å². The summed E-state index contributed by atoms with van der Waals surface area (Å²) in [6.07, 6.45) is 2.48. The minimum absolute atomic E-state index is 0.0192. The van der Waals surface area contributed by atoms with Gasteiger partial charge in [-0.2, -0.15) is 0 Å². The average Bonchev–Trinajstić information content (AvgIpc) is 3.39. The molecule has 0 radical (unpaired) electrons. The summed E-state index contributed by atoms with van der Waals surface area (Å²) in [5, 5.41) is 19.3. The number of carboxylic acids is 1. The van der Waals surface area contributed by atoms with Gasteiger partial charge in [0.05, 0.1) is 21.5 Å². The van der Waals surface area contributed by atoms with Gasteiger partial charge in [-0.05, 0) is 19.0 Å². The minimum Gasteiger partial charge on any atom is -0.481 e. The third kappa shape index (κ3) is 4.38. The number of rotatable bonds is 5. The number of benzene rings is 2. The molecule has 0 amide bonds. The van der Waals surface area contributed by atoms with Crippen molar-refractivity contribution >= 4 is 33.6 Å². The van der Waals surface area contributed by atoms with Gasteiger partial charge in [0.15, 0.2) is 11.5 Å². The predicted octanol–water partition coefficient (Wildman–Crippen LogP) is 2.62. The Labute approximate surface area is 191 Å². The molecule has 0 saturated heterocycles. The summed E-state index contributed by atoms with van der Waals surface area (Å²) in [6.45, 7) is 2.25. The number of aryl methyl sites for hydroxylation is 1. The van der Waals surface area contributed by atoms with E-state index in [1.165, 1.54) is 12.1 Å². The molecule has 34 heavy (non-hydrogen) atoms.